The van der Waals surface area contributed by atoms with Crippen LogP contribution in [0.3, 0.4) is 0 Å². The summed E-state index contributed by atoms with van der Waals surface area (Å²) in [6.07, 6.45) is 3.64. The molecule has 0 saturated carbocycles. The Balaban J connectivity index is 1.86. The largest absolute Gasteiger partial charge is 0.285 e. The first-order chi connectivity index (χ1) is 9.24. The second-order valence-electron chi connectivity index (χ2n) is 4.28. The summed E-state index contributed by atoms with van der Waals surface area (Å²) in [5.74, 6) is 0.941. The van der Waals surface area contributed by atoms with Crippen molar-refractivity contribution in [1.29, 1.82) is 0 Å². The molecule has 0 bridgehead atoms. The van der Waals surface area contributed by atoms with Gasteiger partial charge in [-0.3, -0.25) is 4.40 Å². The van der Waals surface area contributed by atoms with E-state index in [0.717, 1.165) is 39.4 Å². The molecule has 3 nitrogen and oxygen atoms in total. The van der Waals surface area contributed by atoms with Crippen LogP contribution >= 0.6 is 27.5 Å². The number of hydrogen-bond donors (Lipinski definition) is 0. The van der Waals surface area contributed by atoms with Crippen LogP contribution in [0.4, 0.5) is 0 Å². The van der Waals surface area contributed by atoms with E-state index in [0.29, 0.717) is 0 Å². The molecule has 2 heterocycles. The minimum Gasteiger partial charge on any atom is -0.285 e. The molecule has 0 unspecified atom stereocenters. The summed E-state index contributed by atoms with van der Waals surface area (Å²) in [5, 5.41) is 9.19. The SMILES string of the molecule is Clc1ccccc1CCc1nnc2ccc(Br)cn12. The molecule has 0 aliphatic carbocycles. The molecule has 5 heteroatoms. The standard InChI is InChI=1S/C14H11BrClN3/c15-11-6-8-14-18-17-13(19(14)9-11)7-5-10-3-1-2-4-12(10)16/h1-4,6,8-9H,5,7H2. The smallest absolute Gasteiger partial charge is 0.160 e. The van der Waals surface area contributed by atoms with Crippen LogP contribution in [0.25, 0.3) is 5.65 Å². The summed E-state index contributed by atoms with van der Waals surface area (Å²) in [5.41, 5.74) is 1.99. The third-order valence-electron chi connectivity index (χ3n) is 3.01. The molecule has 0 spiro atoms. The Bertz CT molecular complexity index is 724. The highest BCUT2D eigenvalue weighted by atomic mass is 79.9. The maximum atomic E-state index is 6.16. The predicted octanol–water partition coefficient (Wildman–Crippen LogP) is 3.93. The fraction of sp³-hybridized carbons (Fsp3) is 0.143. The quantitative estimate of drug-likeness (QED) is 0.725. The van der Waals surface area contributed by atoms with Crippen LogP contribution in [-0.4, -0.2) is 14.6 Å². The number of nitrogens with zero attached hydrogens (tertiary/aromatic N) is 3. The summed E-state index contributed by atoms with van der Waals surface area (Å²) in [6, 6.07) is 11.8. The summed E-state index contributed by atoms with van der Waals surface area (Å²) in [6.45, 7) is 0. The van der Waals surface area contributed by atoms with Gasteiger partial charge in [0.15, 0.2) is 5.65 Å². The maximum Gasteiger partial charge on any atom is 0.160 e. The first-order valence-electron chi connectivity index (χ1n) is 5.96. The van der Waals surface area contributed by atoms with E-state index >= 15 is 0 Å². The predicted molar refractivity (Wildman–Crippen MR) is 79.5 cm³/mol. The number of pyridine rings is 1. The van der Waals surface area contributed by atoms with E-state index < -0.39 is 0 Å². The lowest BCUT2D eigenvalue weighted by molar-refractivity contribution is 0.838. The number of aryl methyl sites for hydroxylation is 2. The van der Waals surface area contributed by atoms with Crippen molar-refractivity contribution in [2.45, 2.75) is 12.8 Å². The van der Waals surface area contributed by atoms with Crippen molar-refractivity contribution in [3.05, 3.63) is 63.5 Å². The summed E-state index contributed by atoms with van der Waals surface area (Å²) >= 11 is 9.62. The van der Waals surface area contributed by atoms with Crippen LogP contribution in [0.5, 0.6) is 0 Å². The summed E-state index contributed by atoms with van der Waals surface area (Å²) in [7, 11) is 0. The first kappa shape index (κ1) is 12.6. The molecule has 0 fully saturated rings. The molecule has 0 radical (unpaired) electrons. The van der Waals surface area contributed by atoms with E-state index in [1.165, 1.54) is 0 Å². The lowest BCUT2D eigenvalue weighted by atomic mass is 10.1. The van der Waals surface area contributed by atoms with Gasteiger partial charge in [0, 0.05) is 22.1 Å². The van der Waals surface area contributed by atoms with Crippen molar-refractivity contribution in [1.82, 2.24) is 14.6 Å². The Morgan fingerprint density at radius 3 is 2.74 bits per heavy atom. The van der Waals surface area contributed by atoms with E-state index in [4.69, 9.17) is 11.6 Å². The molecule has 3 aromatic rings. The van der Waals surface area contributed by atoms with E-state index in [-0.39, 0.29) is 0 Å². The van der Waals surface area contributed by atoms with Crippen molar-refractivity contribution >= 4 is 33.2 Å². The average molecular weight is 337 g/mol. The Morgan fingerprint density at radius 2 is 1.89 bits per heavy atom. The Morgan fingerprint density at radius 1 is 1.05 bits per heavy atom. The third kappa shape index (κ3) is 2.65. The van der Waals surface area contributed by atoms with Crippen molar-refractivity contribution in [2.75, 3.05) is 0 Å². The maximum absolute atomic E-state index is 6.16. The molecule has 19 heavy (non-hydrogen) atoms. The molecule has 3 rings (SSSR count). The van der Waals surface area contributed by atoms with Gasteiger partial charge in [-0.05, 0) is 46.1 Å². The topological polar surface area (TPSA) is 30.2 Å². The Hall–Kier alpha value is -1.39. The molecule has 2 aromatic heterocycles. The molecule has 0 amide bonds. The van der Waals surface area contributed by atoms with E-state index in [1.807, 2.05) is 47.0 Å². The first-order valence-corrected chi connectivity index (χ1v) is 7.14. The fourth-order valence-electron chi connectivity index (χ4n) is 2.03. The molecular weight excluding hydrogens is 326 g/mol. The molecule has 0 N–H and O–H groups in total. The highest BCUT2D eigenvalue weighted by Gasteiger charge is 2.07. The van der Waals surface area contributed by atoms with Crippen molar-refractivity contribution < 1.29 is 0 Å². The number of halogens is 2. The van der Waals surface area contributed by atoms with Gasteiger partial charge >= 0.3 is 0 Å². The summed E-state index contributed by atoms with van der Waals surface area (Å²) in [4.78, 5) is 0. The zero-order valence-electron chi connectivity index (χ0n) is 10.1. The van der Waals surface area contributed by atoms with Crippen molar-refractivity contribution in [3.8, 4) is 0 Å². The number of benzene rings is 1. The molecular formula is C14H11BrClN3. The molecule has 1 aromatic carbocycles. The zero-order valence-corrected chi connectivity index (χ0v) is 12.4. The lowest BCUT2D eigenvalue weighted by Gasteiger charge is -2.03. The van der Waals surface area contributed by atoms with Crippen LogP contribution in [0.1, 0.15) is 11.4 Å². The van der Waals surface area contributed by atoms with Gasteiger partial charge in [0.25, 0.3) is 0 Å². The average Bonchev–Trinajstić information content (AvgIpc) is 2.80. The van der Waals surface area contributed by atoms with Gasteiger partial charge in [-0.1, -0.05) is 29.8 Å². The molecule has 0 atom stereocenters. The normalized spacial score (nSPS) is 11.1. The van der Waals surface area contributed by atoms with Gasteiger partial charge < -0.3 is 0 Å². The molecule has 0 aliphatic rings. The molecule has 96 valence electrons. The minimum absolute atomic E-state index is 0.803. The van der Waals surface area contributed by atoms with Crippen LogP contribution in [0, 0.1) is 0 Å². The van der Waals surface area contributed by atoms with Crippen LogP contribution < -0.4 is 0 Å². The van der Waals surface area contributed by atoms with Gasteiger partial charge in [-0.15, -0.1) is 10.2 Å². The molecule has 0 aliphatic heterocycles. The van der Waals surface area contributed by atoms with Crippen LogP contribution in [-0.2, 0) is 12.8 Å². The van der Waals surface area contributed by atoms with E-state index in [2.05, 4.69) is 26.1 Å². The number of hydrogen-bond acceptors (Lipinski definition) is 2. The van der Waals surface area contributed by atoms with Crippen molar-refractivity contribution in [3.63, 3.8) is 0 Å². The van der Waals surface area contributed by atoms with Crippen molar-refractivity contribution in [2.24, 2.45) is 0 Å². The molecule has 0 saturated heterocycles. The van der Waals surface area contributed by atoms with Crippen LogP contribution in [0.2, 0.25) is 5.02 Å². The zero-order chi connectivity index (χ0) is 13.2. The van der Waals surface area contributed by atoms with Gasteiger partial charge in [0.05, 0.1) is 0 Å². The monoisotopic (exact) mass is 335 g/mol. The highest BCUT2D eigenvalue weighted by Crippen LogP contribution is 2.18. The van der Waals surface area contributed by atoms with Gasteiger partial charge in [0.2, 0.25) is 0 Å². The lowest BCUT2D eigenvalue weighted by Crippen LogP contribution is -1.98. The highest BCUT2D eigenvalue weighted by molar-refractivity contribution is 9.10. The second kappa shape index (κ2) is 5.31. The Kier molecular flexibility index (Phi) is 3.53. The number of rotatable bonds is 3. The third-order valence-corrected chi connectivity index (χ3v) is 3.85. The van der Waals surface area contributed by atoms with Gasteiger partial charge in [-0.25, -0.2) is 0 Å². The van der Waals surface area contributed by atoms with E-state index in [9.17, 15) is 0 Å². The number of aromatic nitrogens is 3. The van der Waals surface area contributed by atoms with Crippen LogP contribution in [0.15, 0.2) is 47.1 Å². The summed E-state index contributed by atoms with van der Waals surface area (Å²) < 4.78 is 3.01. The second-order valence-corrected chi connectivity index (χ2v) is 5.61. The van der Waals surface area contributed by atoms with Gasteiger partial charge in [0.1, 0.15) is 5.82 Å². The van der Waals surface area contributed by atoms with Gasteiger partial charge in [-0.2, -0.15) is 0 Å². The minimum atomic E-state index is 0.803. The van der Waals surface area contributed by atoms with E-state index in [1.54, 1.807) is 0 Å². The number of fused-ring (bicyclic) bond motifs is 1. The Labute approximate surface area is 124 Å². The fourth-order valence-corrected chi connectivity index (χ4v) is 2.60.